The molecule has 26 heavy (non-hydrogen) atoms. The molecule has 0 fully saturated rings. The summed E-state index contributed by atoms with van der Waals surface area (Å²) < 4.78 is 1.66. The van der Waals surface area contributed by atoms with Crippen LogP contribution in [0.2, 0.25) is 0 Å². The molecule has 0 aliphatic rings. The van der Waals surface area contributed by atoms with Gasteiger partial charge in [0.2, 0.25) is 5.95 Å². The molecular weight excluding hydrogens is 326 g/mol. The third kappa shape index (κ3) is 3.64. The minimum Gasteiger partial charge on any atom is -0.344 e. The predicted octanol–water partition coefficient (Wildman–Crippen LogP) is 3.62. The highest BCUT2D eigenvalue weighted by Crippen LogP contribution is 2.25. The second-order valence-electron chi connectivity index (χ2n) is 7.76. The largest absolute Gasteiger partial charge is 0.344 e. The maximum Gasteiger partial charge on any atom is 0.266 e. The summed E-state index contributed by atoms with van der Waals surface area (Å²) in [7, 11) is 1.99. The molecule has 0 amide bonds. The summed E-state index contributed by atoms with van der Waals surface area (Å²) in [5, 5.41) is 2.79. The maximum atomic E-state index is 11.8. The van der Waals surface area contributed by atoms with Crippen LogP contribution in [-0.4, -0.2) is 33.2 Å². The molecule has 2 aromatic heterocycles. The molecule has 0 unspecified atom stereocenters. The molecule has 2 heterocycles. The lowest BCUT2D eigenvalue weighted by Crippen LogP contribution is -2.23. The fourth-order valence-corrected chi connectivity index (χ4v) is 2.89. The van der Waals surface area contributed by atoms with E-state index in [4.69, 9.17) is 4.98 Å². The maximum absolute atomic E-state index is 11.8. The van der Waals surface area contributed by atoms with E-state index in [9.17, 15) is 4.79 Å². The zero-order chi connectivity index (χ0) is 18.9. The zero-order valence-corrected chi connectivity index (χ0v) is 16.2. The van der Waals surface area contributed by atoms with Crippen molar-refractivity contribution in [3.63, 3.8) is 0 Å². The number of benzene rings is 1. The van der Waals surface area contributed by atoms with Crippen molar-refractivity contribution in [3.8, 4) is 11.4 Å². The Bertz CT molecular complexity index is 947. The highest BCUT2D eigenvalue weighted by molar-refractivity contribution is 5.61. The van der Waals surface area contributed by atoms with Gasteiger partial charge in [-0.25, -0.2) is 9.50 Å². The second-order valence-corrected chi connectivity index (χ2v) is 7.76. The molecule has 0 aliphatic heterocycles. The van der Waals surface area contributed by atoms with Crippen molar-refractivity contribution in [2.24, 2.45) is 0 Å². The first-order valence-electron chi connectivity index (χ1n) is 9.11. The van der Waals surface area contributed by atoms with Gasteiger partial charge >= 0.3 is 0 Å². The van der Waals surface area contributed by atoms with Gasteiger partial charge in [-0.3, -0.25) is 9.89 Å². The van der Waals surface area contributed by atoms with Gasteiger partial charge in [0, 0.05) is 25.2 Å². The smallest absolute Gasteiger partial charge is 0.266 e. The van der Waals surface area contributed by atoms with Crippen LogP contribution in [0, 0.1) is 0 Å². The van der Waals surface area contributed by atoms with Crippen molar-refractivity contribution in [3.05, 3.63) is 46.2 Å². The van der Waals surface area contributed by atoms with E-state index < -0.39 is 0 Å². The molecule has 0 radical (unpaired) electrons. The van der Waals surface area contributed by atoms with Crippen LogP contribution in [0.15, 0.2) is 35.1 Å². The van der Waals surface area contributed by atoms with Gasteiger partial charge in [-0.05, 0) is 17.4 Å². The molecule has 138 valence electrons. The number of nitrogens with zero attached hydrogens (tertiary/aromatic N) is 4. The van der Waals surface area contributed by atoms with E-state index in [2.05, 4.69) is 54.8 Å². The van der Waals surface area contributed by atoms with Crippen LogP contribution >= 0.6 is 0 Å². The number of aromatic amines is 1. The standard InChI is InChI=1S/C20H27N5O/c1-6-7-12-24(5)19-22-18(21-16-13-17(26)23-25(16)19)14-8-10-15(11-9-14)20(2,3)4/h8-11,13H,6-7,12H2,1-5H3,(H,23,26). The Morgan fingerprint density at radius 1 is 1.15 bits per heavy atom. The van der Waals surface area contributed by atoms with Gasteiger partial charge in [0.05, 0.1) is 0 Å². The topological polar surface area (TPSA) is 66.3 Å². The Kier molecular flexibility index (Phi) is 4.85. The van der Waals surface area contributed by atoms with Gasteiger partial charge < -0.3 is 4.90 Å². The number of hydrogen-bond donors (Lipinski definition) is 1. The fraction of sp³-hybridized carbons (Fsp3) is 0.450. The molecular formula is C20H27N5O. The van der Waals surface area contributed by atoms with E-state index in [1.807, 2.05) is 19.2 Å². The number of anilines is 1. The molecule has 0 atom stereocenters. The van der Waals surface area contributed by atoms with Gasteiger partial charge in [-0.1, -0.05) is 58.4 Å². The Hall–Kier alpha value is -2.63. The Balaban J connectivity index is 2.07. The molecule has 0 aliphatic carbocycles. The van der Waals surface area contributed by atoms with Crippen LogP contribution in [0.25, 0.3) is 17.0 Å². The summed E-state index contributed by atoms with van der Waals surface area (Å²) in [5.41, 5.74) is 2.71. The third-order valence-corrected chi connectivity index (χ3v) is 4.54. The van der Waals surface area contributed by atoms with Gasteiger partial charge in [0.25, 0.3) is 5.56 Å². The van der Waals surface area contributed by atoms with Crippen molar-refractivity contribution >= 4 is 11.6 Å². The van der Waals surface area contributed by atoms with Crippen LogP contribution in [-0.2, 0) is 5.41 Å². The van der Waals surface area contributed by atoms with Crippen LogP contribution in [0.5, 0.6) is 0 Å². The van der Waals surface area contributed by atoms with Gasteiger partial charge in [0.1, 0.15) is 0 Å². The molecule has 6 heteroatoms. The van der Waals surface area contributed by atoms with E-state index in [0.717, 1.165) is 24.9 Å². The predicted molar refractivity (Wildman–Crippen MR) is 106 cm³/mol. The zero-order valence-electron chi connectivity index (χ0n) is 16.2. The third-order valence-electron chi connectivity index (χ3n) is 4.54. The molecule has 6 nitrogen and oxygen atoms in total. The first-order valence-corrected chi connectivity index (χ1v) is 9.11. The van der Waals surface area contributed by atoms with Gasteiger partial charge in [-0.15, -0.1) is 0 Å². The van der Waals surface area contributed by atoms with Crippen molar-refractivity contribution in [2.45, 2.75) is 46.0 Å². The molecule has 0 saturated heterocycles. The number of nitrogens with one attached hydrogen (secondary N) is 1. The molecule has 3 rings (SSSR count). The number of unbranched alkanes of at least 4 members (excludes halogenated alkanes) is 1. The summed E-state index contributed by atoms with van der Waals surface area (Å²) in [6.45, 7) is 9.60. The fourth-order valence-electron chi connectivity index (χ4n) is 2.89. The number of fused-ring (bicyclic) bond motifs is 1. The van der Waals surface area contributed by atoms with Crippen molar-refractivity contribution < 1.29 is 0 Å². The summed E-state index contributed by atoms with van der Waals surface area (Å²) in [5.74, 6) is 1.32. The molecule has 0 saturated carbocycles. The summed E-state index contributed by atoms with van der Waals surface area (Å²) in [4.78, 5) is 23.2. The average molecular weight is 353 g/mol. The quantitative estimate of drug-likeness (QED) is 0.761. The van der Waals surface area contributed by atoms with Crippen LogP contribution in [0.3, 0.4) is 0 Å². The number of aromatic nitrogens is 4. The van der Waals surface area contributed by atoms with E-state index >= 15 is 0 Å². The van der Waals surface area contributed by atoms with Crippen molar-refractivity contribution in [1.29, 1.82) is 0 Å². The normalized spacial score (nSPS) is 11.9. The first-order chi connectivity index (χ1) is 12.3. The molecule has 0 bridgehead atoms. The van der Waals surface area contributed by atoms with Crippen molar-refractivity contribution in [2.75, 3.05) is 18.5 Å². The Labute approximate surface area is 153 Å². The van der Waals surface area contributed by atoms with Crippen LogP contribution < -0.4 is 10.5 Å². The monoisotopic (exact) mass is 353 g/mol. The van der Waals surface area contributed by atoms with E-state index in [0.29, 0.717) is 17.4 Å². The second kappa shape index (κ2) is 6.94. The minimum atomic E-state index is -0.176. The lowest BCUT2D eigenvalue weighted by molar-refractivity contribution is 0.590. The molecule has 1 N–H and O–H groups in total. The lowest BCUT2D eigenvalue weighted by atomic mass is 9.87. The van der Waals surface area contributed by atoms with E-state index in [1.54, 1.807) is 4.52 Å². The van der Waals surface area contributed by atoms with Crippen molar-refractivity contribution in [1.82, 2.24) is 19.6 Å². The van der Waals surface area contributed by atoms with Crippen LogP contribution in [0.4, 0.5) is 5.95 Å². The highest BCUT2D eigenvalue weighted by Gasteiger charge is 2.16. The Morgan fingerprint density at radius 3 is 2.46 bits per heavy atom. The first kappa shape index (κ1) is 18.2. The summed E-state index contributed by atoms with van der Waals surface area (Å²) in [6.07, 6.45) is 2.16. The van der Waals surface area contributed by atoms with Gasteiger partial charge in [-0.2, -0.15) is 4.98 Å². The minimum absolute atomic E-state index is 0.100. The molecule has 3 aromatic rings. The Morgan fingerprint density at radius 2 is 1.85 bits per heavy atom. The van der Waals surface area contributed by atoms with E-state index in [1.165, 1.54) is 11.6 Å². The lowest BCUT2D eigenvalue weighted by Gasteiger charge is -2.20. The molecule has 0 spiro atoms. The van der Waals surface area contributed by atoms with E-state index in [-0.39, 0.29) is 11.0 Å². The number of H-pyrrole nitrogens is 1. The highest BCUT2D eigenvalue weighted by atomic mass is 16.1. The number of rotatable bonds is 5. The number of hydrogen-bond acceptors (Lipinski definition) is 4. The van der Waals surface area contributed by atoms with Gasteiger partial charge in [0.15, 0.2) is 11.5 Å². The molecule has 1 aromatic carbocycles. The van der Waals surface area contributed by atoms with Crippen LogP contribution in [0.1, 0.15) is 46.1 Å². The summed E-state index contributed by atoms with van der Waals surface area (Å²) in [6, 6.07) is 9.84. The SMILES string of the molecule is CCCCN(C)c1nc(-c2ccc(C(C)(C)C)cc2)nc2cc(=O)[nH]n12. The summed E-state index contributed by atoms with van der Waals surface area (Å²) >= 11 is 0. The average Bonchev–Trinajstić information content (AvgIpc) is 2.98.